The number of nitrogens with zero attached hydrogens (tertiary/aromatic N) is 5. The van der Waals surface area contributed by atoms with Gasteiger partial charge in [0, 0.05) is 0 Å². The number of benzene rings is 5. The van der Waals surface area contributed by atoms with Gasteiger partial charge in [-0.15, -0.1) is 0 Å². The molecule has 9 aromatic rings. The number of hydrogen-bond donors (Lipinski definition) is 0. The van der Waals surface area contributed by atoms with Crippen LogP contribution in [0.15, 0.2) is 127 Å². The van der Waals surface area contributed by atoms with Crippen molar-refractivity contribution in [2.24, 2.45) is 0 Å². The van der Waals surface area contributed by atoms with Crippen LogP contribution < -0.4 is 3.40 Å². The van der Waals surface area contributed by atoms with Crippen LogP contribution in [0.2, 0.25) is 0 Å². The zero-order valence-corrected chi connectivity index (χ0v) is 27.9. The first-order chi connectivity index (χ1) is 21.2. The summed E-state index contributed by atoms with van der Waals surface area (Å²) in [7, 11) is 0. The van der Waals surface area contributed by atoms with Gasteiger partial charge < -0.3 is 0 Å². The summed E-state index contributed by atoms with van der Waals surface area (Å²) in [6, 6.07) is 45.7. The van der Waals surface area contributed by atoms with Crippen molar-refractivity contribution < 1.29 is 0 Å². The maximum absolute atomic E-state index is 5.14. The average Bonchev–Trinajstić information content (AvgIpc) is 3.67. The van der Waals surface area contributed by atoms with Crippen LogP contribution in [0.25, 0.3) is 72.0 Å². The summed E-state index contributed by atoms with van der Waals surface area (Å²) in [6.45, 7) is 2.01. The number of rotatable bonds is 3. The molecule has 6 heteroatoms. The zero-order valence-electron chi connectivity index (χ0n) is 23.4. The summed E-state index contributed by atoms with van der Waals surface area (Å²) in [4.78, 5) is 9.88. The third-order valence-corrected chi connectivity index (χ3v) is 9.59. The van der Waals surface area contributed by atoms with Crippen molar-refractivity contribution in [1.82, 2.24) is 23.5 Å². The molecule has 0 N–H and O–H groups in total. The van der Waals surface area contributed by atoms with Crippen molar-refractivity contribution in [3.05, 3.63) is 133 Å². The van der Waals surface area contributed by atoms with E-state index in [0.29, 0.717) is 24.7 Å². The molecule has 0 fully saturated rings. The number of hydrogen-bond acceptors (Lipinski definition) is 2. The first-order valence-electron chi connectivity index (χ1n) is 14.4. The molecule has 0 saturated heterocycles. The van der Waals surface area contributed by atoms with Gasteiger partial charge in [0.05, 0.1) is 0 Å². The van der Waals surface area contributed by atoms with E-state index in [0.717, 1.165) is 54.1 Å². The van der Waals surface area contributed by atoms with Gasteiger partial charge in [0.1, 0.15) is 0 Å². The summed E-state index contributed by atoms with van der Waals surface area (Å²) in [5, 5.41) is 3.65. The summed E-state index contributed by atoms with van der Waals surface area (Å²) in [6.07, 6.45) is 0. The fourth-order valence-corrected chi connectivity index (χ4v) is 8.16. The van der Waals surface area contributed by atoms with Crippen LogP contribution in [-0.4, -0.2) is 48.2 Å². The van der Waals surface area contributed by atoms with Gasteiger partial charge in [-0.25, -0.2) is 0 Å². The number of fused-ring (bicyclic) bond motifs is 8. The standard InChI is InChI=1S/C37H24N5.Bi.2H/c1-24-38-21-20-30(39-24)35-36-29(28-17-9-11-19-32(28)40(36)26-13-4-2-5-14-26)23-33-37(35)41(27-15-6-3-7-16-27)34-22-25-12-8-10-18-31(25)42(33)34;;;/h2-20,22-23H,1H3;;;. The van der Waals surface area contributed by atoms with Gasteiger partial charge >= 0.3 is 264 Å². The van der Waals surface area contributed by atoms with Crippen molar-refractivity contribution in [3.8, 4) is 22.6 Å². The Labute approximate surface area is 262 Å². The van der Waals surface area contributed by atoms with Crippen molar-refractivity contribution in [1.29, 1.82) is 0 Å². The second-order valence-corrected chi connectivity index (χ2v) is 13.3. The fraction of sp³-hybridized carbons (Fsp3) is 0.0270. The summed E-state index contributed by atoms with van der Waals surface area (Å²) in [5.74, 6) is 0.803. The molecule has 5 aromatic carbocycles. The molecule has 0 aliphatic rings. The predicted octanol–water partition coefficient (Wildman–Crippen LogP) is 7.16. The molecule has 0 saturated carbocycles. The van der Waals surface area contributed by atoms with E-state index in [1.165, 1.54) is 27.2 Å². The first-order valence-corrected chi connectivity index (χ1v) is 16.6. The molecule has 4 aromatic heterocycles. The van der Waals surface area contributed by atoms with Gasteiger partial charge in [-0.1, -0.05) is 0 Å². The van der Waals surface area contributed by atoms with E-state index < -0.39 is 0 Å². The van der Waals surface area contributed by atoms with Crippen molar-refractivity contribution in [3.63, 3.8) is 0 Å². The van der Waals surface area contributed by atoms with E-state index in [1.807, 2.05) is 6.92 Å². The van der Waals surface area contributed by atoms with E-state index in [4.69, 9.17) is 9.97 Å². The summed E-state index contributed by atoms with van der Waals surface area (Å²) in [5.41, 5.74) is 11.3. The zero-order chi connectivity index (χ0) is 28.7. The van der Waals surface area contributed by atoms with Gasteiger partial charge in [-0.05, 0) is 0 Å². The summed E-state index contributed by atoms with van der Waals surface area (Å²) < 4.78 is 8.38. The number of para-hydroxylation sites is 4. The molecule has 4 heterocycles. The van der Waals surface area contributed by atoms with Gasteiger partial charge in [0.15, 0.2) is 0 Å². The van der Waals surface area contributed by atoms with Crippen LogP contribution in [0.3, 0.4) is 0 Å². The van der Waals surface area contributed by atoms with Crippen LogP contribution in [-0.2, 0) is 0 Å². The van der Waals surface area contributed by atoms with E-state index in [1.54, 1.807) is 0 Å². The molecule has 9 rings (SSSR count). The van der Waals surface area contributed by atoms with Gasteiger partial charge in [0.2, 0.25) is 0 Å². The third kappa shape index (κ3) is 3.60. The molecule has 5 nitrogen and oxygen atoms in total. The molecule has 0 bridgehead atoms. The predicted molar refractivity (Wildman–Crippen MR) is 180 cm³/mol. The number of aryl methyl sites for hydroxylation is 1. The Morgan fingerprint density at radius 2 is 1.21 bits per heavy atom. The van der Waals surface area contributed by atoms with Gasteiger partial charge in [-0.2, -0.15) is 0 Å². The van der Waals surface area contributed by atoms with E-state index in [-0.39, 0.29) is 0 Å². The average molecular weight is 750 g/mol. The Morgan fingerprint density at radius 3 is 1.95 bits per heavy atom. The van der Waals surface area contributed by atoms with E-state index in [9.17, 15) is 0 Å². The second kappa shape index (κ2) is 9.35. The van der Waals surface area contributed by atoms with Crippen molar-refractivity contribution in [2.45, 2.75) is 6.92 Å². The van der Waals surface area contributed by atoms with E-state index in [2.05, 4.69) is 141 Å². The molecule has 0 radical (unpaired) electrons. The number of aromatic nitrogens is 5. The maximum atomic E-state index is 5.14. The topological polar surface area (TPSA) is 40.0 Å². The van der Waals surface area contributed by atoms with E-state index >= 15 is 0 Å². The minimum absolute atomic E-state index is 0.598. The molecular formula is C37H26BiN5. The molecule has 43 heavy (non-hydrogen) atoms. The molecule has 0 atom stereocenters. The normalized spacial score (nSPS) is 12.0. The SMILES string of the molecule is Cc1n[c]([BiH2])cc(-c2c3c(cc4c2n(-c2ccccc2)c2cc5ccccc5n42)c2ccccc2n3-c2ccccc2)n1. The molecule has 0 aliphatic carbocycles. The Balaban J connectivity index is 1.63. The van der Waals surface area contributed by atoms with Crippen LogP contribution in [0, 0.1) is 6.92 Å². The third-order valence-electron chi connectivity index (χ3n) is 8.44. The molecule has 0 aliphatic heterocycles. The fourth-order valence-electron chi connectivity index (χ4n) is 6.82. The Morgan fingerprint density at radius 1 is 0.558 bits per heavy atom. The molecule has 0 amide bonds. The Hall–Kier alpha value is -4.80. The first kappa shape index (κ1) is 24.8. The molecule has 0 spiro atoms. The van der Waals surface area contributed by atoms with Gasteiger partial charge in [-0.3, -0.25) is 0 Å². The monoisotopic (exact) mass is 749 g/mol. The molecular weight excluding hydrogens is 723 g/mol. The quantitative estimate of drug-likeness (QED) is 0.180. The molecule has 0 unspecified atom stereocenters. The van der Waals surface area contributed by atoms with Crippen LogP contribution in [0.4, 0.5) is 0 Å². The Bertz CT molecular complexity index is 2500. The number of imidazole rings is 1. The van der Waals surface area contributed by atoms with Crippen molar-refractivity contribution >= 4 is 77.5 Å². The van der Waals surface area contributed by atoms with Crippen LogP contribution in [0.1, 0.15) is 5.82 Å². The Kier molecular flexibility index (Phi) is 5.39. The van der Waals surface area contributed by atoms with Crippen molar-refractivity contribution in [2.75, 3.05) is 0 Å². The minimum atomic E-state index is 0.598. The second-order valence-electron chi connectivity index (χ2n) is 11.0. The van der Waals surface area contributed by atoms with Crippen LogP contribution in [0.5, 0.6) is 0 Å². The van der Waals surface area contributed by atoms with Crippen LogP contribution >= 0.6 is 0 Å². The molecule has 204 valence electrons. The van der Waals surface area contributed by atoms with Gasteiger partial charge in [0.25, 0.3) is 0 Å². The summed E-state index contributed by atoms with van der Waals surface area (Å²) >= 11 is 0.598.